The molecule has 130 valence electrons. The summed E-state index contributed by atoms with van der Waals surface area (Å²) in [5.41, 5.74) is 9.55. The molecule has 3 aliphatic rings. The highest BCUT2D eigenvalue weighted by atomic mass is 16.7. The number of nitrogens with two attached hydrogens (primary N) is 1. The van der Waals surface area contributed by atoms with Gasteiger partial charge in [-0.15, -0.1) is 0 Å². The van der Waals surface area contributed by atoms with E-state index >= 15 is 0 Å². The zero-order chi connectivity index (χ0) is 18.5. The number of rotatable bonds is 1. The lowest BCUT2D eigenvalue weighted by Crippen LogP contribution is -2.34. The van der Waals surface area contributed by atoms with Crippen molar-refractivity contribution in [3.63, 3.8) is 0 Å². The Labute approximate surface area is 155 Å². The van der Waals surface area contributed by atoms with E-state index in [1.165, 1.54) is 0 Å². The quantitative estimate of drug-likeness (QED) is 0.810. The summed E-state index contributed by atoms with van der Waals surface area (Å²) in [4.78, 5) is 1.73. The van der Waals surface area contributed by atoms with Crippen molar-refractivity contribution in [2.24, 2.45) is 5.73 Å². The second kappa shape index (κ2) is 5.45. The fraction of sp³-hybridized carbons (Fsp3) is 0.100. The van der Waals surface area contributed by atoms with Gasteiger partial charge in [0.1, 0.15) is 11.6 Å². The van der Waals surface area contributed by atoms with Crippen LogP contribution in [0.1, 0.15) is 11.5 Å². The van der Waals surface area contributed by atoms with Gasteiger partial charge in [0.15, 0.2) is 11.5 Å². The molecular formula is C20H13N5O2. The van der Waals surface area contributed by atoms with Crippen LogP contribution in [0, 0.1) is 22.7 Å². The van der Waals surface area contributed by atoms with Crippen LogP contribution >= 0.6 is 0 Å². The fourth-order valence-electron chi connectivity index (χ4n) is 3.73. The molecule has 27 heavy (non-hydrogen) atoms. The van der Waals surface area contributed by atoms with Crippen LogP contribution in [0.4, 0.5) is 11.4 Å². The van der Waals surface area contributed by atoms with Gasteiger partial charge >= 0.3 is 0 Å². The van der Waals surface area contributed by atoms with Gasteiger partial charge in [0.2, 0.25) is 6.79 Å². The molecule has 7 heteroatoms. The van der Waals surface area contributed by atoms with Crippen molar-refractivity contribution >= 4 is 11.4 Å². The summed E-state index contributed by atoms with van der Waals surface area (Å²) in [7, 11) is 0. The minimum Gasteiger partial charge on any atom is -0.454 e. The molecule has 0 aliphatic carbocycles. The lowest BCUT2D eigenvalue weighted by atomic mass is 9.83. The number of hydrogen-bond acceptors (Lipinski definition) is 7. The zero-order valence-corrected chi connectivity index (χ0v) is 14.1. The number of nitrogens with one attached hydrogen (secondary N) is 1. The lowest BCUT2D eigenvalue weighted by molar-refractivity contribution is 0.174. The highest BCUT2D eigenvalue weighted by molar-refractivity contribution is 5.86. The topological polar surface area (TPSA) is 107 Å². The molecule has 0 bridgehead atoms. The van der Waals surface area contributed by atoms with E-state index in [1.54, 1.807) is 17.0 Å². The number of allylic oxidation sites excluding steroid dienone is 2. The average molecular weight is 355 g/mol. The zero-order valence-electron chi connectivity index (χ0n) is 14.1. The van der Waals surface area contributed by atoms with Gasteiger partial charge in [0.25, 0.3) is 0 Å². The Morgan fingerprint density at radius 3 is 2.63 bits per heavy atom. The van der Waals surface area contributed by atoms with E-state index in [0.717, 1.165) is 16.9 Å². The van der Waals surface area contributed by atoms with E-state index < -0.39 is 5.92 Å². The Bertz CT molecular complexity index is 1140. The fourth-order valence-corrected chi connectivity index (χ4v) is 3.73. The van der Waals surface area contributed by atoms with E-state index in [4.69, 9.17) is 15.2 Å². The van der Waals surface area contributed by atoms with E-state index in [-0.39, 0.29) is 6.79 Å². The molecule has 0 saturated carbocycles. The summed E-state index contributed by atoms with van der Waals surface area (Å²) in [6, 6.07) is 17.5. The summed E-state index contributed by atoms with van der Waals surface area (Å²) in [5, 5.41) is 23.1. The first kappa shape index (κ1) is 15.2. The average Bonchev–Trinajstić information content (AvgIpc) is 3.31. The summed E-state index contributed by atoms with van der Waals surface area (Å²) in [6.45, 7) is 0.156. The lowest BCUT2D eigenvalue weighted by Gasteiger charge is -2.31. The number of hydrogen-bond donors (Lipinski definition) is 2. The van der Waals surface area contributed by atoms with E-state index in [1.807, 2.05) is 30.3 Å². The Hall–Kier alpha value is -4.10. The highest BCUT2D eigenvalue weighted by Gasteiger charge is 2.40. The molecule has 1 atom stereocenters. The van der Waals surface area contributed by atoms with Crippen molar-refractivity contribution < 1.29 is 9.47 Å². The Morgan fingerprint density at radius 2 is 1.81 bits per heavy atom. The highest BCUT2D eigenvalue weighted by Crippen LogP contribution is 2.48. The first-order valence-corrected chi connectivity index (χ1v) is 8.32. The molecule has 0 aromatic heterocycles. The smallest absolute Gasteiger partial charge is 0.231 e. The molecule has 0 saturated heterocycles. The maximum absolute atomic E-state index is 9.94. The van der Waals surface area contributed by atoms with Crippen LogP contribution < -0.4 is 25.4 Å². The molecular weight excluding hydrogens is 342 g/mol. The number of fused-ring (bicyclic) bond motifs is 4. The maximum Gasteiger partial charge on any atom is 0.231 e. The van der Waals surface area contributed by atoms with E-state index in [9.17, 15) is 10.5 Å². The molecule has 1 unspecified atom stereocenters. The minimum atomic E-state index is -0.581. The first-order valence-electron chi connectivity index (χ1n) is 8.32. The van der Waals surface area contributed by atoms with Gasteiger partial charge in [-0.3, -0.25) is 4.90 Å². The van der Waals surface area contributed by atoms with Crippen LogP contribution in [0.5, 0.6) is 11.5 Å². The maximum atomic E-state index is 9.94. The third kappa shape index (κ3) is 2.00. The molecule has 0 radical (unpaired) electrons. The predicted molar refractivity (Wildman–Crippen MR) is 97.3 cm³/mol. The van der Waals surface area contributed by atoms with Gasteiger partial charge in [-0.25, -0.2) is 0 Å². The standard InChI is InChI=1S/C20H13N5O2/c21-8-12-18(11-5-6-16-17(7-11)27-10-26-16)13(9-22)20-24-14-3-1-2-4-15(14)25(20)19(12)23/h1-7,18,24H,10,23H2. The number of benzene rings is 2. The number of para-hydroxylation sites is 2. The molecule has 5 rings (SSSR count). The normalized spacial score (nSPS) is 19.2. The Kier molecular flexibility index (Phi) is 3.06. The Balaban J connectivity index is 1.73. The minimum absolute atomic E-state index is 0.156. The van der Waals surface area contributed by atoms with E-state index in [0.29, 0.717) is 34.3 Å². The van der Waals surface area contributed by atoms with Crippen molar-refractivity contribution in [1.29, 1.82) is 10.5 Å². The van der Waals surface area contributed by atoms with Crippen molar-refractivity contribution in [2.45, 2.75) is 5.92 Å². The largest absolute Gasteiger partial charge is 0.454 e. The predicted octanol–water partition coefficient (Wildman–Crippen LogP) is 2.87. The van der Waals surface area contributed by atoms with Crippen LogP contribution in [0.25, 0.3) is 0 Å². The van der Waals surface area contributed by atoms with Crippen molar-refractivity contribution in [3.05, 3.63) is 70.8 Å². The number of nitrogens with zero attached hydrogens (tertiary/aromatic N) is 3. The third-order valence-electron chi connectivity index (χ3n) is 4.94. The van der Waals surface area contributed by atoms with Gasteiger partial charge in [-0.1, -0.05) is 18.2 Å². The molecule has 2 aromatic carbocycles. The second-order valence-electron chi connectivity index (χ2n) is 6.31. The number of nitriles is 2. The van der Waals surface area contributed by atoms with Crippen LogP contribution in [-0.4, -0.2) is 6.79 Å². The van der Waals surface area contributed by atoms with Crippen molar-refractivity contribution in [3.8, 4) is 23.6 Å². The molecule has 7 nitrogen and oxygen atoms in total. The van der Waals surface area contributed by atoms with Crippen molar-refractivity contribution in [1.82, 2.24) is 0 Å². The van der Waals surface area contributed by atoms with Crippen LogP contribution in [0.15, 0.2) is 65.3 Å². The van der Waals surface area contributed by atoms with Gasteiger partial charge < -0.3 is 20.5 Å². The molecule has 0 fully saturated rings. The van der Waals surface area contributed by atoms with Crippen LogP contribution in [0.3, 0.4) is 0 Å². The van der Waals surface area contributed by atoms with Crippen LogP contribution in [-0.2, 0) is 0 Å². The first-order chi connectivity index (χ1) is 13.2. The third-order valence-corrected chi connectivity index (χ3v) is 4.94. The van der Waals surface area contributed by atoms with Crippen LogP contribution in [0.2, 0.25) is 0 Å². The van der Waals surface area contributed by atoms with Crippen molar-refractivity contribution in [2.75, 3.05) is 17.0 Å². The number of anilines is 2. The monoisotopic (exact) mass is 355 g/mol. The number of ether oxygens (including phenoxy) is 2. The molecule has 0 spiro atoms. The molecule has 3 heterocycles. The van der Waals surface area contributed by atoms with Gasteiger partial charge in [0.05, 0.1) is 40.6 Å². The van der Waals surface area contributed by atoms with Gasteiger partial charge in [-0.05, 0) is 29.8 Å². The molecule has 3 aliphatic heterocycles. The molecule has 0 amide bonds. The molecule has 2 aromatic rings. The molecule has 3 N–H and O–H groups in total. The summed E-state index contributed by atoms with van der Waals surface area (Å²) < 4.78 is 10.8. The van der Waals surface area contributed by atoms with E-state index in [2.05, 4.69) is 17.5 Å². The summed E-state index contributed by atoms with van der Waals surface area (Å²) >= 11 is 0. The van der Waals surface area contributed by atoms with Gasteiger partial charge in [-0.2, -0.15) is 10.5 Å². The second-order valence-corrected chi connectivity index (χ2v) is 6.31. The van der Waals surface area contributed by atoms with Gasteiger partial charge in [0, 0.05) is 0 Å². The SMILES string of the molecule is N#CC1=C(N)N2C(=C(C#N)C1c1ccc3c(c1)OCO3)Nc1ccccc12. The Morgan fingerprint density at radius 1 is 1.04 bits per heavy atom. The summed E-state index contributed by atoms with van der Waals surface area (Å²) in [5.74, 6) is 1.55. The summed E-state index contributed by atoms with van der Waals surface area (Å²) in [6.07, 6.45) is 0.